The molecule has 1 aromatic rings. The highest BCUT2D eigenvalue weighted by molar-refractivity contribution is 7.88. The SMILES string of the molecule is CS(=O)(=O)NCCCNC(=O)NCC1COc2ccccc2O1. The molecule has 0 aromatic heterocycles. The first-order valence-corrected chi connectivity index (χ1v) is 9.18. The highest BCUT2D eigenvalue weighted by Gasteiger charge is 2.20. The summed E-state index contributed by atoms with van der Waals surface area (Å²) >= 11 is 0. The van der Waals surface area contributed by atoms with E-state index in [1.54, 1.807) is 0 Å². The molecule has 1 aliphatic rings. The normalized spacial score (nSPS) is 16.7. The second-order valence-electron chi connectivity index (χ2n) is 5.15. The molecule has 0 saturated heterocycles. The number of benzene rings is 1. The van der Waals surface area contributed by atoms with Crippen LogP contribution in [0.25, 0.3) is 0 Å². The standard InChI is InChI=1S/C14H21N3O5S/c1-23(19,20)17-8-4-7-15-14(18)16-9-11-10-21-12-5-2-3-6-13(12)22-11/h2-3,5-6,11,17H,4,7-10H2,1H3,(H2,15,16,18). The van der Waals surface area contributed by atoms with Crippen LogP contribution in [0.15, 0.2) is 24.3 Å². The van der Waals surface area contributed by atoms with E-state index < -0.39 is 10.0 Å². The summed E-state index contributed by atoms with van der Waals surface area (Å²) in [7, 11) is -3.18. The average molecular weight is 343 g/mol. The van der Waals surface area contributed by atoms with Gasteiger partial charge in [0, 0.05) is 13.1 Å². The molecule has 0 bridgehead atoms. The van der Waals surface area contributed by atoms with Gasteiger partial charge in [0.1, 0.15) is 6.61 Å². The molecule has 9 heteroatoms. The summed E-state index contributed by atoms with van der Waals surface area (Å²) in [6.07, 6.45) is 1.36. The summed E-state index contributed by atoms with van der Waals surface area (Å²) in [6.45, 7) is 1.35. The van der Waals surface area contributed by atoms with E-state index in [1.807, 2.05) is 24.3 Å². The third kappa shape index (κ3) is 6.33. The van der Waals surface area contributed by atoms with Gasteiger partial charge in [-0.15, -0.1) is 0 Å². The summed E-state index contributed by atoms with van der Waals surface area (Å²) in [5, 5.41) is 5.34. The van der Waals surface area contributed by atoms with Crippen LogP contribution in [0, 0.1) is 0 Å². The Morgan fingerprint density at radius 1 is 1.22 bits per heavy atom. The Kier molecular flexibility index (Phi) is 6.05. The molecular weight excluding hydrogens is 322 g/mol. The first-order valence-electron chi connectivity index (χ1n) is 7.29. The molecule has 0 spiro atoms. The van der Waals surface area contributed by atoms with Crippen molar-refractivity contribution in [3.05, 3.63) is 24.3 Å². The Hall–Kier alpha value is -2.00. The topological polar surface area (TPSA) is 106 Å². The number of sulfonamides is 1. The number of nitrogens with one attached hydrogen (secondary N) is 3. The second-order valence-corrected chi connectivity index (χ2v) is 6.99. The van der Waals surface area contributed by atoms with E-state index in [1.165, 1.54) is 0 Å². The molecule has 1 aromatic carbocycles. The van der Waals surface area contributed by atoms with Crippen LogP contribution in [0.2, 0.25) is 0 Å². The Morgan fingerprint density at radius 2 is 1.96 bits per heavy atom. The van der Waals surface area contributed by atoms with Crippen molar-refractivity contribution in [3.63, 3.8) is 0 Å². The van der Waals surface area contributed by atoms with Crippen molar-refractivity contribution in [2.45, 2.75) is 12.5 Å². The number of carbonyl (C=O) groups is 1. The molecule has 2 amide bonds. The highest BCUT2D eigenvalue weighted by Crippen LogP contribution is 2.30. The fourth-order valence-electron chi connectivity index (χ4n) is 1.98. The van der Waals surface area contributed by atoms with Crippen molar-refractivity contribution in [2.24, 2.45) is 0 Å². The predicted octanol–water partition coefficient (Wildman–Crippen LogP) is 0.0649. The molecule has 23 heavy (non-hydrogen) atoms. The van der Waals surface area contributed by atoms with Gasteiger partial charge in [0.2, 0.25) is 10.0 Å². The lowest BCUT2D eigenvalue weighted by atomic mass is 10.2. The molecule has 1 atom stereocenters. The Balaban J connectivity index is 1.60. The van der Waals surface area contributed by atoms with Gasteiger partial charge in [-0.3, -0.25) is 0 Å². The summed E-state index contributed by atoms with van der Waals surface area (Å²) in [6, 6.07) is 7.04. The van der Waals surface area contributed by atoms with Crippen LogP contribution in [0.4, 0.5) is 4.79 Å². The minimum absolute atomic E-state index is 0.248. The highest BCUT2D eigenvalue weighted by atomic mass is 32.2. The molecule has 3 N–H and O–H groups in total. The molecule has 1 unspecified atom stereocenters. The van der Waals surface area contributed by atoms with Crippen LogP contribution in [0.1, 0.15) is 6.42 Å². The number of hydrogen-bond acceptors (Lipinski definition) is 5. The smallest absolute Gasteiger partial charge is 0.314 e. The van der Waals surface area contributed by atoms with Crippen molar-refractivity contribution >= 4 is 16.1 Å². The third-order valence-corrected chi connectivity index (χ3v) is 3.79. The Labute approximate surface area is 135 Å². The quantitative estimate of drug-likeness (QED) is 0.607. The molecule has 2 rings (SSSR count). The number of rotatable bonds is 7. The van der Waals surface area contributed by atoms with Crippen molar-refractivity contribution < 1.29 is 22.7 Å². The number of fused-ring (bicyclic) bond motifs is 1. The van der Waals surface area contributed by atoms with Crippen LogP contribution in [-0.2, 0) is 10.0 Å². The van der Waals surface area contributed by atoms with Gasteiger partial charge in [-0.05, 0) is 18.6 Å². The van der Waals surface area contributed by atoms with Gasteiger partial charge in [-0.2, -0.15) is 0 Å². The predicted molar refractivity (Wildman–Crippen MR) is 85.2 cm³/mol. The molecular formula is C14H21N3O5S. The van der Waals surface area contributed by atoms with Crippen LogP contribution in [0.5, 0.6) is 11.5 Å². The number of hydrogen-bond donors (Lipinski definition) is 3. The zero-order valence-corrected chi connectivity index (χ0v) is 13.7. The van der Waals surface area contributed by atoms with Gasteiger partial charge in [0.25, 0.3) is 0 Å². The third-order valence-electron chi connectivity index (χ3n) is 3.06. The van der Waals surface area contributed by atoms with Crippen molar-refractivity contribution in [1.82, 2.24) is 15.4 Å². The van der Waals surface area contributed by atoms with E-state index >= 15 is 0 Å². The fourth-order valence-corrected chi connectivity index (χ4v) is 2.50. The summed E-state index contributed by atoms with van der Waals surface area (Å²) < 4.78 is 35.3. The molecule has 0 fully saturated rings. The van der Waals surface area contributed by atoms with E-state index in [0.717, 1.165) is 6.26 Å². The molecule has 128 valence electrons. The van der Waals surface area contributed by atoms with Crippen LogP contribution in [0.3, 0.4) is 0 Å². The maximum absolute atomic E-state index is 11.6. The van der Waals surface area contributed by atoms with Gasteiger partial charge in [-0.1, -0.05) is 12.1 Å². The maximum atomic E-state index is 11.6. The molecule has 0 saturated carbocycles. The number of urea groups is 1. The Bertz CT molecular complexity index is 635. The lowest BCUT2D eigenvalue weighted by Crippen LogP contribution is -2.44. The summed E-state index contributed by atoms with van der Waals surface area (Å²) in [4.78, 5) is 11.6. The zero-order valence-electron chi connectivity index (χ0n) is 12.9. The molecule has 0 radical (unpaired) electrons. The lowest BCUT2D eigenvalue weighted by Gasteiger charge is -2.26. The molecule has 0 aliphatic carbocycles. The summed E-state index contributed by atoms with van der Waals surface area (Å²) in [5.74, 6) is 1.37. The van der Waals surface area contributed by atoms with Gasteiger partial charge in [-0.25, -0.2) is 17.9 Å². The molecule has 8 nitrogen and oxygen atoms in total. The first kappa shape index (κ1) is 17.4. The first-order chi connectivity index (χ1) is 10.9. The van der Waals surface area contributed by atoms with Gasteiger partial charge >= 0.3 is 6.03 Å². The van der Waals surface area contributed by atoms with Gasteiger partial charge in [0.05, 0.1) is 12.8 Å². The summed E-state index contributed by atoms with van der Waals surface area (Å²) in [5.41, 5.74) is 0. The molecule has 1 aliphatic heterocycles. The van der Waals surface area contributed by atoms with Gasteiger partial charge < -0.3 is 20.1 Å². The average Bonchev–Trinajstić information content (AvgIpc) is 2.51. The number of para-hydroxylation sites is 2. The van der Waals surface area contributed by atoms with Crippen molar-refractivity contribution in [1.29, 1.82) is 0 Å². The monoisotopic (exact) mass is 343 g/mol. The second kappa shape index (κ2) is 8.02. The zero-order chi connectivity index (χ0) is 16.7. The van der Waals surface area contributed by atoms with Crippen molar-refractivity contribution in [2.75, 3.05) is 32.5 Å². The lowest BCUT2D eigenvalue weighted by molar-refractivity contribution is 0.0918. The van der Waals surface area contributed by atoms with Crippen LogP contribution >= 0.6 is 0 Å². The minimum atomic E-state index is -3.18. The minimum Gasteiger partial charge on any atom is -0.486 e. The van der Waals surface area contributed by atoms with E-state index in [4.69, 9.17) is 9.47 Å². The number of ether oxygens (including phenoxy) is 2. The van der Waals surface area contributed by atoms with E-state index in [9.17, 15) is 13.2 Å². The number of amides is 2. The van der Waals surface area contributed by atoms with Crippen molar-refractivity contribution in [3.8, 4) is 11.5 Å². The number of carbonyl (C=O) groups excluding carboxylic acids is 1. The Morgan fingerprint density at radius 3 is 2.70 bits per heavy atom. The van der Waals surface area contributed by atoms with Crippen LogP contribution in [-0.4, -0.2) is 53.0 Å². The fraction of sp³-hybridized carbons (Fsp3) is 0.500. The van der Waals surface area contributed by atoms with Gasteiger partial charge in [0.15, 0.2) is 17.6 Å². The molecule has 1 heterocycles. The van der Waals surface area contributed by atoms with E-state index in [-0.39, 0.29) is 18.7 Å². The largest absolute Gasteiger partial charge is 0.486 e. The van der Waals surface area contributed by atoms with E-state index in [2.05, 4.69) is 15.4 Å². The maximum Gasteiger partial charge on any atom is 0.314 e. The van der Waals surface area contributed by atoms with Crippen LogP contribution < -0.4 is 24.8 Å². The van der Waals surface area contributed by atoms with E-state index in [0.29, 0.717) is 37.6 Å².